The Hall–Kier alpha value is -3.98. The summed E-state index contributed by atoms with van der Waals surface area (Å²) in [6.45, 7) is 0. The van der Waals surface area contributed by atoms with Crippen molar-refractivity contribution in [3.63, 3.8) is 0 Å². The molecule has 0 radical (unpaired) electrons. The average Bonchev–Trinajstić information content (AvgIpc) is 3.32. The van der Waals surface area contributed by atoms with Crippen molar-refractivity contribution >= 4 is 17.6 Å². The first-order valence-electron chi connectivity index (χ1n) is 9.62. The number of hydrogen-bond acceptors (Lipinski definition) is 6. The number of halogens is 1. The molecule has 32 heavy (non-hydrogen) atoms. The predicted octanol–water partition coefficient (Wildman–Crippen LogP) is 3.16. The number of aryl methyl sites for hydroxylation is 1. The number of aliphatic carboxylic acids is 1. The fraction of sp³-hybridized carbons (Fsp3) is 0.136. The minimum Gasteiger partial charge on any atom is -0.495 e. The number of benzene rings is 2. The van der Waals surface area contributed by atoms with Gasteiger partial charge >= 0.3 is 5.97 Å². The lowest BCUT2D eigenvalue weighted by atomic mass is 10.0. The number of hydrogen-bond donors (Lipinski definition) is 1. The summed E-state index contributed by atoms with van der Waals surface area (Å²) in [4.78, 5) is 24.2. The van der Waals surface area contributed by atoms with Crippen molar-refractivity contribution in [3.05, 3.63) is 82.0 Å². The summed E-state index contributed by atoms with van der Waals surface area (Å²) in [6.07, 6.45) is 3.28. The van der Waals surface area contributed by atoms with E-state index in [1.54, 1.807) is 42.6 Å². The number of para-hydroxylation sites is 1. The van der Waals surface area contributed by atoms with Crippen LogP contribution in [0.15, 0.2) is 65.8 Å². The molecule has 2 heterocycles. The van der Waals surface area contributed by atoms with Crippen molar-refractivity contribution in [1.29, 1.82) is 0 Å². The number of aromatic nitrogens is 5. The molecule has 2 aromatic carbocycles. The van der Waals surface area contributed by atoms with Crippen LogP contribution in [0.5, 0.6) is 5.75 Å². The summed E-state index contributed by atoms with van der Waals surface area (Å²) >= 11 is 6.24. The van der Waals surface area contributed by atoms with Gasteiger partial charge in [-0.25, -0.2) is 0 Å². The van der Waals surface area contributed by atoms with E-state index in [0.29, 0.717) is 39.7 Å². The van der Waals surface area contributed by atoms with E-state index in [0.717, 1.165) is 5.56 Å². The Labute approximate surface area is 187 Å². The maximum absolute atomic E-state index is 13.2. The third-order valence-corrected chi connectivity index (χ3v) is 5.18. The lowest BCUT2D eigenvalue weighted by Gasteiger charge is -2.17. The number of carboxylic acids is 1. The van der Waals surface area contributed by atoms with E-state index in [1.165, 1.54) is 28.8 Å². The molecule has 0 aliphatic rings. The Morgan fingerprint density at radius 3 is 2.66 bits per heavy atom. The highest BCUT2D eigenvalue weighted by Crippen LogP contribution is 2.35. The number of ether oxygens (including phenoxy) is 1. The van der Waals surface area contributed by atoms with Crippen molar-refractivity contribution < 1.29 is 14.6 Å². The fourth-order valence-corrected chi connectivity index (χ4v) is 3.64. The van der Waals surface area contributed by atoms with Crippen molar-refractivity contribution in [2.24, 2.45) is 0 Å². The van der Waals surface area contributed by atoms with E-state index in [9.17, 15) is 9.59 Å². The van der Waals surface area contributed by atoms with E-state index >= 15 is 0 Å². The van der Waals surface area contributed by atoms with Crippen molar-refractivity contribution in [2.75, 3.05) is 7.11 Å². The maximum atomic E-state index is 13.2. The summed E-state index contributed by atoms with van der Waals surface area (Å²) < 4.78 is 8.52. The molecule has 1 N–H and O–H groups in total. The van der Waals surface area contributed by atoms with Crippen LogP contribution in [0.1, 0.15) is 12.0 Å². The van der Waals surface area contributed by atoms with E-state index in [-0.39, 0.29) is 12.0 Å². The molecule has 2 aromatic heterocycles. The smallest absolute Gasteiger partial charge is 0.303 e. The summed E-state index contributed by atoms with van der Waals surface area (Å²) in [6, 6.07) is 13.8. The molecule has 10 heteroatoms. The SMILES string of the molecule is COc1cn(-c2ccccc2CCC(=O)O)c(=O)cc1-c1cc(Cl)ccc1-n1cnnn1. The van der Waals surface area contributed by atoms with Gasteiger partial charge in [-0.1, -0.05) is 29.8 Å². The first-order valence-corrected chi connectivity index (χ1v) is 10.00. The maximum Gasteiger partial charge on any atom is 0.303 e. The third kappa shape index (κ3) is 4.23. The zero-order chi connectivity index (χ0) is 22.7. The lowest BCUT2D eigenvalue weighted by Crippen LogP contribution is -2.19. The van der Waals surface area contributed by atoms with E-state index in [2.05, 4.69) is 15.5 Å². The molecule has 0 saturated carbocycles. The van der Waals surface area contributed by atoms with Gasteiger partial charge in [0.25, 0.3) is 5.56 Å². The van der Waals surface area contributed by atoms with Crippen LogP contribution >= 0.6 is 11.6 Å². The Bertz CT molecular complexity index is 1330. The second kappa shape index (κ2) is 9.03. The summed E-state index contributed by atoms with van der Waals surface area (Å²) in [5.41, 5.74) is 2.78. The van der Waals surface area contributed by atoms with Crippen LogP contribution in [-0.4, -0.2) is 43.0 Å². The van der Waals surface area contributed by atoms with Gasteiger partial charge in [0.05, 0.1) is 24.7 Å². The molecule has 9 nitrogen and oxygen atoms in total. The van der Waals surface area contributed by atoms with Crippen LogP contribution in [0.4, 0.5) is 0 Å². The molecule has 0 spiro atoms. The second-order valence-electron chi connectivity index (χ2n) is 6.90. The largest absolute Gasteiger partial charge is 0.495 e. The summed E-state index contributed by atoms with van der Waals surface area (Å²) in [7, 11) is 1.51. The Morgan fingerprint density at radius 1 is 1.12 bits per heavy atom. The molecule has 0 amide bonds. The molecule has 0 aliphatic heterocycles. The van der Waals surface area contributed by atoms with Gasteiger partial charge in [-0.3, -0.25) is 14.2 Å². The quantitative estimate of drug-likeness (QED) is 0.459. The first-order chi connectivity index (χ1) is 15.5. The van der Waals surface area contributed by atoms with Crippen molar-refractivity contribution in [2.45, 2.75) is 12.8 Å². The normalized spacial score (nSPS) is 10.8. The molecule has 0 atom stereocenters. The van der Waals surface area contributed by atoms with Crippen LogP contribution < -0.4 is 10.3 Å². The zero-order valence-electron chi connectivity index (χ0n) is 17.0. The molecule has 0 aliphatic carbocycles. The molecule has 0 unspecified atom stereocenters. The highest BCUT2D eigenvalue weighted by Gasteiger charge is 2.17. The molecule has 162 valence electrons. The van der Waals surface area contributed by atoms with Crippen LogP contribution in [0.3, 0.4) is 0 Å². The van der Waals surface area contributed by atoms with E-state index in [4.69, 9.17) is 21.4 Å². The predicted molar refractivity (Wildman–Crippen MR) is 118 cm³/mol. The molecule has 0 bridgehead atoms. The van der Waals surface area contributed by atoms with Gasteiger partial charge < -0.3 is 9.84 Å². The first kappa shape index (κ1) is 21.3. The van der Waals surface area contributed by atoms with Gasteiger partial charge in [0.2, 0.25) is 0 Å². The standard InChI is InChI=1S/C22H18ClN5O4/c1-32-20-12-27(18-5-3-2-4-14(18)6-9-22(30)31)21(29)11-17(20)16-10-15(23)7-8-19(16)28-13-24-25-26-28/h2-5,7-8,10-13H,6,9H2,1H3,(H,30,31). The van der Waals surface area contributed by atoms with Gasteiger partial charge in [-0.15, -0.1) is 5.10 Å². The molecule has 4 aromatic rings. The molecular formula is C22H18ClN5O4. The number of carbonyl (C=O) groups is 1. The topological polar surface area (TPSA) is 112 Å². The Kier molecular flexibility index (Phi) is 6.00. The number of carboxylic acid groups (broad SMARTS) is 1. The third-order valence-electron chi connectivity index (χ3n) is 4.94. The highest BCUT2D eigenvalue weighted by molar-refractivity contribution is 6.31. The highest BCUT2D eigenvalue weighted by atomic mass is 35.5. The minimum absolute atomic E-state index is 0.0429. The molecule has 4 rings (SSSR count). The fourth-order valence-electron chi connectivity index (χ4n) is 3.47. The number of rotatable bonds is 7. The van der Waals surface area contributed by atoms with E-state index < -0.39 is 5.97 Å². The average molecular weight is 452 g/mol. The van der Waals surface area contributed by atoms with E-state index in [1.807, 2.05) is 6.07 Å². The van der Waals surface area contributed by atoms with Crippen LogP contribution in [0, 0.1) is 0 Å². The number of tetrazole rings is 1. The van der Waals surface area contributed by atoms with Gasteiger partial charge in [0, 0.05) is 28.6 Å². The van der Waals surface area contributed by atoms with Gasteiger partial charge in [-0.2, -0.15) is 4.68 Å². The summed E-state index contributed by atoms with van der Waals surface area (Å²) in [5.74, 6) is -0.481. The minimum atomic E-state index is -0.906. The monoisotopic (exact) mass is 451 g/mol. The van der Waals surface area contributed by atoms with Crippen LogP contribution in [-0.2, 0) is 11.2 Å². The van der Waals surface area contributed by atoms with Crippen molar-refractivity contribution in [3.8, 4) is 28.3 Å². The van der Waals surface area contributed by atoms with Crippen LogP contribution in [0.2, 0.25) is 5.02 Å². The Balaban J connectivity index is 1.87. The molecule has 0 fully saturated rings. The Morgan fingerprint density at radius 2 is 1.94 bits per heavy atom. The molecular weight excluding hydrogens is 434 g/mol. The van der Waals surface area contributed by atoms with Gasteiger partial charge in [0.15, 0.2) is 0 Å². The number of nitrogens with zero attached hydrogens (tertiary/aromatic N) is 5. The number of methoxy groups -OCH3 is 1. The van der Waals surface area contributed by atoms with Crippen LogP contribution in [0.25, 0.3) is 22.5 Å². The zero-order valence-corrected chi connectivity index (χ0v) is 17.7. The second-order valence-corrected chi connectivity index (χ2v) is 7.34. The van der Waals surface area contributed by atoms with Gasteiger partial charge in [0.1, 0.15) is 12.1 Å². The van der Waals surface area contributed by atoms with Crippen molar-refractivity contribution in [1.82, 2.24) is 24.8 Å². The van der Waals surface area contributed by atoms with Gasteiger partial charge in [-0.05, 0) is 46.7 Å². The summed E-state index contributed by atoms with van der Waals surface area (Å²) in [5, 5.41) is 20.8. The molecule has 0 saturated heterocycles. The number of pyridine rings is 1. The lowest BCUT2D eigenvalue weighted by molar-refractivity contribution is -0.136.